The van der Waals surface area contributed by atoms with E-state index >= 15 is 0 Å². The fourth-order valence-electron chi connectivity index (χ4n) is 2.95. The number of benzene rings is 2. The number of anilines is 2. The molecular weight excluding hydrogens is 326 g/mol. The van der Waals surface area contributed by atoms with Gasteiger partial charge in [-0.05, 0) is 49.2 Å². The third kappa shape index (κ3) is 3.42. The van der Waals surface area contributed by atoms with E-state index in [1.807, 2.05) is 18.2 Å². The van der Waals surface area contributed by atoms with Crippen LogP contribution in [-0.2, 0) is 21.2 Å². The lowest BCUT2D eigenvalue weighted by atomic mass is 10.1. The number of amides is 1. The van der Waals surface area contributed by atoms with Gasteiger partial charge >= 0.3 is 0 Å². The van der Waals surface area contributed by atoms with Gasteiger partial charge in [0.2, 0.25) is 15.9 Å². The summed E-state index contributed by atoms with van der Waals surface area (Å²) in [5.74, 6) is -0.151. The number of fused-ring (bicyclic) bond motifs is 1. The number of nitrogens with one attached hydrogen (secondary N) is 1. The zero-order valence-corrected chi connectivity index (χ0v) is 14.1. The molecule has 0 radical (unpaired) electrons. The maximum atomic E-state index is 12.3. The third-order valence-corrected chi connectivity index (χ3v) is 5.06. The quantitative estimate of drug-likeness (QED) is 0.882. The van der Waals surface area contributed by atoms with Crippen molar-refractivity contribution in [2.24, 2.45) is 5.14 Å². The van der Waals surface area contributed by atoms with Gasteiger partial charge in [-0.1, -0.05) is 18.2 Å². The molecule has 0 aliphatic carbocycles. The molecule has 1 atom stereocenters. The molecular formula is C17H19N3O3S. The lowest BCUT2D eigenvalue weighted by Crippen LogP contribution is -2.37. The van der Waals surface area contributed by atoms with Crippen LogP contribution in [0.4, 0.5) is 11.4 Å². The summed E-state index contributed by atoms with van der Waals surface area (Å²) in [5, 5.41) is 7.84. The monoisotopic (exact) mass is 345 g/mol. The SMILES string of the molecule is C[C@@H]1Cc2ccccc2N1CC(=O)Nc1ccc(S(N)(=O)=O)cc1. The van der Waals surface area contributed by atoms with Gasteiger partial charge in [0.05, 0.1) is 11.4 Å². The molecule has 1 heterocycles. The summed E-state index contributed by atoms with van der Waals surface area (Å²) < 4.78 is 22.5. The number of hydrogen-bond donors (Lipinski definition) is 2. The first-order valence-electron chi connectivity index (χ1n) is 7.62. The number of carbonyl (C=O) groups excluding carboxylic acids is 1. The molecule has 0 unspecified atom stereocenters. The summed E-state index contributed by atoms with van der Waals surface area (Å²) in [5.41, 5.74) is 2.87. The van der Waals surface area contributed by atoms with E-state index in [1.165, 1.54) is 29.8 Å². The minimum absolute atomic E-state index is 0.0163. The summed E-state index contributed by atoms with van der Waals surface area (Å²) in [6.45, 7) is 2.34. The van der Waals surface area contributed by atoms with Crippen molar-refractivity contribution in [1.29, 1.82) is 0 Å². The average Bonchev–Trinajstić information content (AvgIpc) is 2.83. The maximum absolute atomic E-state index is 12.3. The molecule has 7 heteroatoms. The van der Waals surface area contributed by atoms with Gasteiger partial charge in [0, 0.05) is 17.4 Å². The molecule has 1 aliphatic rings. The summed E-state index contributed by atoms with van der Waals surface area (Å²) in [6.07, 6.45) is 0.923. The van der Waals surface area contributed by atoms with E-state index in [2.05, 4.69) is 23.2 Å². The Labute approximate surface area is 141 Å². The van der Waals surface area contributed by atoms with Crippen molar-refractivity contribution in [3.8, 4) is 0 Å². The predicted octanol–water partition coefficient (Wildman–Crippen LogP) is 1.72. The molecule has 0 saturated carbocycles. The number of primary sulfonamides is 1. The Hall–Kier alpha value is -2.38. The minimum atomic E-state index is -3.73. The minimum Gasteiger partial charge on any atom is -0.359 e. The van der Waals surface area contributed by atoms with Crippen LogP contribution in [0.2, 0.25) is 0 Å². The highest BCUT2D eigenvalue weighted by Gasteiger charge is 2.26. The third-order valence-electron chi connectivity index (χ3n) is 4.13. The summed E-state index contributed by atoms with van der Waals surface area (Å²) in [4.78, 5) is 14.4. The highest BCUT2D eigenvalue weighted by atomic mass is 32.2. The molecule has 0 saturated heterocycles. The first kappa shape index (κ1) is 16.5. The van der Waals surface area contributed by atoms with Crippen molar-refractivity contribution in [3.63, 3.8) is 0 Å². The molecule has 1 amide bonds. The van der Waals surface area contributed by atoms with Crippen LogP contribution in [0.25, 0.3) is 0 Å². The first-order valence-corrected chi connectivity index (χ1v) is 9.16. The van der Waals surface area contributed by atoms with Crippen LogP contribution < -0.4 is 15.4 Å². The standard InChI is InChI=1S/C17H19N3O3S/c1-12-10-13-4-2-3-5-16(13)20(12)11-17(21)19-14-6-8-15(9-7-14)24(18,22)23/h2-9,12H,10-11H2,1H3,(H,19,21)(H2,18,22,23)/t12-/m1/s1. The van der Waals surface area contributed by atoms with Gasteiger partial charge in [0.15, 0.2) is 0 Å². The molecule has 0 aromatic heterocycles. The predicted molar refractivity (Wildman–Crippen MR) is 93.4 cm³/mol. The smallest absolute Gasteiger partial charge is 0.243 e. The van der Waals surface area contributed by atoms with Gasteiger partial charge in [-0.3, -0.25) is 4.79 Å². The van der Waals surface area contributed by atoms with E-state index in [9.17, 15) is 13.2 Å². The van der Waals surface area contributed by atoms with E-state index in [4.69, 9.17) is 5.14 Å². The summed E-state index contributed by atoms with van der Waals surface area (Å²) in [7, 11) is -3.73. The van der Waals surface area contributed by atoms with Crippen molar-refractivity contribution >= 4 is 27.3 Å². The lowest BCUT2D eigenvalue weighted by Gasteiger charge is -2.24. The molecule has 1 aliphatic heterocycles. The number of carbonyl (C=O) groups is 1. The van der Waals surface area contributed by atoms with E-state index in [0.29, 0.717) is 5.69 Å². The molecule has 3 N–H and O–H groups in total. The Balaban J connectivity index is 1.68. The molecule has 0 fully saturated rings. The molecule has 24 heavy (non-hydrogen) atoms. The Morgan fingerprint density at radius 1 is 1.21 bits per heavy atom. The van der Waals surface area contributed by atoms with Crippen molar-refractivity contribution < 1.29 is 13.2 Å². The van der Waals surface area contributed by atoms with Crippen LogP contribution in [0.5, 0.6) is 0 Å². The highest BCUT2D eigenvalue weighted by Crippen LogP contribution is 2.31. The zero-order chi connectivity index (χ0) is 17.3. The molecule has 2 aromatic rings. The number of hydrogen-bond acceptors (Lipinski definition) is 4. The molecule has 6 nitrogen and oxygen atoms in total. The van der Waals surface area contributed by atoms with Gasteiger partial charge in [-0.2, -0.15) is 0 Å². The van der Waals surface area contributed by atoms with E-state index in [1.54, 1.807) is 0 Å². The molecule has 126 valence electrons. The van der Waals surface area contributed by atoms with Crippen molar-refractivity contribution in [2.45, 2.75) is 24.3 Å². The Morgan fingerprint density at radius 3 is 2.54 bits per heavy atom. The van der Waals surface area contributed by atoms with Crippen molar-refractivity contribution in [2.75, 3.05) is 16.8 Å². The van der Waals surface area contributed by atoms with Crippen LogP contribution in [0.1, 0.15) is 12.5 Å². The summed E-state index contributed by atoms with van der Waals surface area (Å²) >= 11 is 0. The normalized spacial score (nSPS) is 16.8. The summed E-state index contributed by atoms with van der Waals surface area (Å²) in [6, 6.07) is 14.1. The number of nitrogens with zero attached hydrogens (tertiary/aromatic N) is 1. The fourth-order valence-corrected chi connectivity index (χ4v) is 3.47. The van der Waals surface area contributed by atoms with E-state index in [-0.39, 0.29) is 23.4 Å². The van der Waals surface area contributed by atoms with Gasteiger partial charge in [-0.15, -0.1) is 0 Å². The second-order valence-corrected chi connectivity index (χ2v) is 7.49. The Bertz CT molecular complexity index is 863. The van der Waals surface area contributed by atoms with Gasteiger partial charge < -0.3 is 10.2 Å². The van der Waals surface area contributed by atoms with Crippen LogP contribution in [0.3, 0.4) is 0 Å². The largest absolute Gasteiger partial charge is 0.359 e. The van der Waals surface area contributed by atoms with Crippen LogP contribution >= 0.6 is 0 Å². The molecule has 3 rings (SSSR count). The zero-order valence-electron chi connectivity index (χ0n) is 13.3. The van der Waals surface area contributed by atoms with Crippen LogP contribution in [0, 0.1) is 0 Å². The molecule has 0 spiro atoms. The van der Waals surface area contributed by atoms with E-state index < -0.39 is 10.0 Å². The number of rotatable bonds is 4. The van der Waals surface area contributed by atoms with Gasteiger partial charge in [-0.25, -0.2) is 13.6 Å². The topological polar surface area (TPSA) is 92.5 Å². The fraction of sp³-hybridized carbons (Fsp3) is 0.235. The van der Waals surface area contributed by atoms with E-state index in [0.717, 1.165) is 12.1 Å². The second kappa shape index (κ2) is 6.26. The number of nitrogens with two attached hydrogens (primary N) is 1. The number of para-hydroxylation sites is 1. The molecule has 2 aromatic carbocycles. The number of sulfonamides is 1. The van der Waals surface area contributed by atoms with Gasteiger partial charge in [0.1, 0.15) is 0 Å². The first-order chi connectivity index (χ1) is 11.3. The van der Waals surface area contributed by atoms with Crippen LogP contribution in [0.15, 0.2) is 53.4 Å². The Morgan fingerprint density at radius 2 is 1.88 bits per heavy atom. The second-order valence-electron chi connectivity index (χ2n) is 5.93. The van der Waals surface area contributed by atoms with Gasteiger partial charge in [0.25, 0.3) is 0 Å². The average molecular weight is 345 g/mol. The van der Waals surface area contributed by atoms with Crippen LogP contribution in [-0.4, -0.2) is 26.9 Å². The lowest BCUT2D eigenvalue weighted by molar-refractivity contribution is -0.115. The highest BCUT2D eigenvalue weighted by molar-refractivity contribution is 7.89. The van der Waals surface area contributed by atoms with Crippen molar-refractivity contribution in [1.82, 2.24) is 0 Å². The molecule has 0 bridgehead atoms. The Kier molecular flexibility index (Phi) is 4.29. The van der Waals surface area contributed by atoms with Crippen molar-refractivity contribution in [3.05, 3.63) is 54.1 Å². The maximum Gasteiger partial charge on any atom is 0.243 e.